The second-order valence-corrected chi connectivity index (χ2v) is 5.85. The molecule has 0 fully saturated rings. The monoisotopic (exact) mass is 329 g/mol. The van der Waals surface area contributed by atoms with Crippen LogP contribution in [0.4, 0.5) is 0 Å². The summed E-state index contributed by atoms with van der Waals surface area (Å²) in [7, 11) is 0. The summed E-state index contributed by atoms with van der Waals surface area (Å²) in [5, 5.41) is 10.00. The van der Waals surface area contributed by atoms with E-state index in [1.54, 1.807) is 18.3 Å². The van der Waals surface area contributed by atoms with Crippen LogP contribution in [0.15, 0.2) is 51.8 Å². The molecular formula is C18H11N5O2. The van der Waals surface area contributed by atoms with Crippen LogP contribution in [0.2, 0.25) is 0 Å². The summed E-state index contributed by atoms with van der Waals surface area (Å²) in [4.78, 5) is 23.6. The van der Waals surface area contributed by atoms with Crippen LogP contribution in [0.1, 0.15) is 5.56 Å². The van der Waals surface area contributed by atoms with Crippen molar-refractivity contribution < 1.29 is 4.42 Å². The Bertz CT molecular complexity index is 1290. The topological polar surface area (TPSA) is 97.6 Å². The minimum Gasteiger partial charge on any atom is -0.416 e. The Hall–Kier alpha value is -3.61. The van der Waals surface area contributed by atoms with E-state index in [1.807, 2.05) is 31.2 Å². The molecule has 0 radical (unpaired) electrons. The van der Waals surface area contributed by atoms with Gasteiger partial charge in [0.25, 0.3) is 17.3 Å². The Morgan fingerprint density at radius 2 is 2.00 bits per heavy atom. The Balaban J connectivity index is 1.76. The van der Waals surface area contributed by atoms with Crippen molar-refractivity contribution in [1.29, 1.82) is 0 Å². The number of aryl methyl sites for hydroxylation is 1. The quantitative estimate of drug-likeness (QED) is 0.508. The molecule has 2 aliphatic heterocycles. The van der Waals surface area contributed by atoms with Crippen LogP contribution in [0, 0.1) is 6.92 Å². The number of pyridine rings is 2. The molecule has 2 aromatic heterocycles. The lowest BCUT2D eigenvalue weighted by Gasteiger charge is -2.02. The highest BCUT2D eigenvalue weighted by molar-refractivity contribution is 5.94. The Kier molecular flexibility index (Phi) is 2.73. The Morgan fingerprint density at radius 1 is 1.08 bits per heavy atom. The molecule has 7 nitrogen and oxygen atoms in total. The summed E-state index contributed by atoms with van der Waals surface area (Å²) < 4.78 is 5.78. The Morgan fingerprint density at radius 3 is 2.92 bits per heavy atom. The fourth-order valence-corrected chi connectivity index (χ4v) is 2.89. The highest BCUT2D eigenvalue weighted by atomic mass is 16.4. The molecule has 0 saturated carbocycles. The van der Waals surface area contributed by atoms with E-state index in [2.05, 4.69) is 25.1 Å². The first kappa shape index (κ1) is 13.8. The maximum absolute atomic E-state index is 12.3. The molecule has 1 aromatic carbocycles. The molecule has 5 rings (SSSR count). The standard InChI is InChI=1S/C18H11N5O2/c1-9-4-5-13-11(7-9)14-18(20-13)25-17(23-22-14)12-8-10-3-2-6-19-15(10)21-16(12)24/h2-8H,1H3,(H,19,21,24). The van der Waals surface area contributed by atoms with Crippen LogP contribution in [-0.4, -0.2) is 25.1 Å². The molecule has 7 heteroatoms. The van der Waals surface area contributed by atoms with E-state index >= 15 is 0 Å². The third-order valence-corrected chi connectivity index (χ3v) is 4.11. The normalized spacial score (nSPS) is 11.6. The van der Waals surface area contributed by atoms with E-state index < -0.39 is 0 Å². The number of rotatable bonds is 1. The second-order valence-electron chi connectivity index (χ2n) is 5.85. The smallest absolute Gasteiger partial charge is 0.262 e. The van der Waals surface area contributed by atoms with Gasteiger partial charge in [-0.25, -0.2) is 9.97 Å². The van der Waals surface area contributed by atoms with E-state index in [1.165, 1.54) is 0 Å². The average molecular weight is 329 g/mol. The second kappa shape index (κ2) is 4.94. The van der Waals surface area contributed by atoms with Crippen molar-refractivity contribution in [3.63, 3.8) is 0 Å². The van der Waals surface area contributed by atoms with Gasteiger partial charge < -0.3 is 9.40 Å². The molecule has 25 heavy (non-hydrogen) atoms. The van der Waals surface area contributed by atoms with Crippen LogP contribution in [0.5, 0.6) is 0 Å². The first-order valence-electron chi connectivity index (χ1n) is 7.71. The molecule has 0 unspecified atom stereocenters. The minimum absolute atomic E-state index is 0.124. The van der Waals surface area contributed by atoms with Gasteiger partial charge in [-0.2, -0.15) is 0 Å². The van der Waals surface area contributed by atoms with Gasteiger partial charge in [0, 0.05) is 17.0 Å². The molecule has 0 atom stereocenters. The Labute approximate surface area is 140 Å². The summed E-state index contributed by atoms with van der Waals surface area (Å²) in [5.41, 5.74) is 2.94. The molecule has 0 amide bonds. The van der Waals surface area contributed by atoms with Crippen molar-refractivity contribution in [2.45, 2.75) is 6.92 Å². The summed E-state index contributed by atoms with van der Waals surface area (Å²) in [5.74, 6) is 0.482. The number of benzene rings is 1. The zero-order chi connectivity index (χ0) is 17.0. The fraction of sp³-hybridized carbons (Fsp3) is 0.0556. The van der Waals surface area contributed by atoms with E-state index in [-0.39, 0.29) is 17.0 Å². The third-order valence-electron chi connectivity index (χ3n) is 4.11. The van der Waals surface area contributed by atoms with Crippen LogP contribution in [-0.2, 0) is 0 Å². The molecular weight excluding hydrogens is 318 g/mol. The van der Waals surface area contributed by atoms with E-state index in [4.69, 9.17) is 4.42 Å². The largest absolute Gasteiger partial charge is 0.416 e. The number of nitrogens with one attached hydrogen (secondary N) is 1. The molecule has 2 aliphatic rings. The van der Waals surface area contributed by atoms with Crippen molar-refractivity contribution in [2.75, 3.05) is 0 Å². The van der Waals surface area contributed by atoms with Gasteiger partial charge in [-0.15, -0.1) is 10.2 Å². The lowest BCUT2D eigenvalue weighted by molar-refractivity contribution is 0.530. The van der Waals surface area contributed by atoms with Crippen LogP contribution >= 0.6 is 0 Å². The number of aromatic nitrogens is 5. The van der Waals surface area contributed by atoms with Crippen LogP contribution in [0.25, 0.3) is 45.0 Å². The number of hydrogen-bond donors (Lipinski definition) is 1. The number of fused-ring (bicyclic) bond motifs is 4. The first-order chi connectivity index (χ1) is 12.2. The lowest BCUT2D eigenvalue weighted by atomic mass is 10.1. The van der Waals surface area contributed by atoms with E-state index in [0.717, 1.165) is 21.9 Å². The van der Waals surface area contributed by atoms with Gasteiger partial charge in [0.1, 0.15) is 11.2 Å². The molecule has 0 bridgehead atoms. The van der Waals surface area contributed by atoms with Crippen molar-refractivity contribution in [3.8, 4) is 23.0 Å². The van der Waals surface area contributed by atoms with Crippen molar-refractivity contribution in [2.24, 2.45) is 0 Å². The maximum atomic E-state index is 12.3. The summed E-state index contributed by atoms with van der Waals surface area (Å²) >= 11 is 0. The molecule has 0 spiro atoms. The van der Waals surface area contributed by atoms with Gasteiger partial charge in [0.05, 0.1) is 5.52 Å². The molecule has 1 N–H and O–H groups in total. The highest BCUT2D eigenvalue weighted by Gasteiger charge is 2.20. The van der Waals surface area contributed by atoms with Gasteiger partial charge in [-0.3, -0.25) is 4.79 Å². The van der Waals surface area contributed by atoms with Gasteiger partial charge in [-0.1, -0.05) is 11.6 Å². The molecule has 3 aromatic rings. The minimum atomic E-state index is -0.337. The van der Waals surface area contributed by atoms with Crippen molar-refractivity contribution in [3.05, 3.63) is 58.5 Å². The van der Waals surface area contributed by atoms with Crippen LogP contribution in [0.3, 0.4) is 0 Å². The zero-order valence-electron chi connectivity index (χ0n) is 13.1. The van der Waals surface area contributed by atoms with Crippen LogP contribution < -0.4 is 5.56 Å². The third kappa shape index (κ3) is 2.09. The summed E-state index contributed by atoms with van der Waals surface area (Å²) in [6, 6.07) is 11.2. The lowest BCUT2D eigenvalue weighted by Crippen LogP contribution is -2.10. The predicted molar refractivity (Wildman–Crippen MR) is 92.3 cm³/mol. The van der Waals surface area contributed by atoms with Crippen molar-refractivity contribution in [1.82, 2.24) is 25.1 Å². The van der Waals surface area contributed by atoms with E-state index in [0.29, 0.717) is 17.2 Å². The number of H-pyrrole nitrogens is 1. The fourth-order valence-electron chi connectivity index (χ4n) is 2.89. The zero-order valence-corrected chi connectivity index (χ0v) is 13.1. The molecule has 0 aliphatic carbocycles. The summed E-state index contributed by atoms with van der Waals surface area (Å²) in [6.07, 6.45) is 1.62. The van der Waals surface area contributed by atoms with Gasteiger partial charge in [0.15, 0.2) is 5.69 Å². The number of aromatic amines is 1. The molecule has 120 valence electrons. The first-order valence-corrected chi connectivity index (χ1v) is 7.71. The molecule has 0 saturated heterocycles. The van der Waals surface area contributed by atoms with Crippen molar-refractivity contribution >= 4 is 21.9 Å². The number of nitrogens with zero attached hydrogens (tertiary/aromatic N) is 4. The summed E-state index contributed by atoms with van der Waals surface area (Å²) in [6.45, 7) is 2.00. The van der Waals surface area contributed by atoms with Gasteiger partial charge >= 0.3 is 0 Å². The maximum Gasteiger partial charge on any atom is 0.262 e. The van der Waals surface area contributed by atoms with Gasteiger partial charge in [-0.05, 0) is 37.3 Å². The highest BCUT2D eigenvalue weighted by Crippen LogP contribution is 2.31. The molecule has 4 heterocycles. The van der Waals surface area contributed by atoms with E-state index in [9.17, 15) is 4.79 Å². The average Bonchev–Trinajstić information content (AvgIpc) is 2.98. The number of hydrogen-bond acceptors (Lipinski definition) is 6. The SMILES string of the molecule is Cc1ccc2nc3oc(-c4cc5cccnc5[nH]c4=O)nnc-3c2c1. The predicted octanol–water partition coefficient (Wildman–Crippen LogP) is 2.93. The van der Waals surface area contributed by atoms with Gasteiger partial charge in [0.2, 0.25) is 0 Å².